The largest absolute Gasteiger partial charge is 0.325 e. The molecule has 2 heteroatoms. The van der Waals surface area contributed by atoms with Crippen molar-refractivity contribution in [1.29, 1.82) is 5.26 Å². The fraction of sp³-hybridized carbons (Fsp3) is 0.667. The minimum absolute atomic E-state index is 0.0423. The Morgan fingerprint density at radius 2 is 1.17 bits per heavy atom. The van der Waals surface area contributed by atoms with Crippen molar-refractivity contribution in [3.63, 3.8) is 0 Å². The molecule has 0 saturated heterocycles. The molecule has 0 spiro atoms. The highest BCUT2D eigenvalue weighted by Crippen LogP contribution is 2.23. The number of aryl methyl sites for hydroxylation is 2. The van der Waals surface area contributed by atoms with Crippen LogP contribution in [0.15, 0.2) is 37.4 Å². The van der Waals surface area contributed by atoms with Gasteiger partial charge >= 0.3 is 0 Å². The third kappa shape index (κ3) is 17.0. The van der Waals surface area contributed by atoms with E-state index >= 15 is 0 Å². The number of unbranched alkanes of at least 4 members (excludes halogenated alkanes) is 5. The highest BCUT2D eigenvalue weighted by Gasteiger charge is 2.22. The molecule has 0 unspecified atom stereocenters. The van der Waals surface area contributed by atoms with Crippen molar-refractivity contribution in [3.8, 4) is 6.07 Å². The Hall–Kier alpha value is -1.59. The van der Waals surface area contributed by atoms with Crippen LogP contribution in [-0.2, 0) is 12.8 Å². The zero-order valence-corrected chi connectivity index (χ0v) is 19.9. The van der Waals surface area contributed by atoms with E-state index in [4.69, 9.17) is 11.0 Å². The molecule has 1 aromatic carbocycles. The molecular formula is C27H48N2. The van der Waals surface area contributed by atoms with E-state index in [0.29, 0.717) is 0 Å². The molecule has 0 saturated carbocycles. The Labute approximate surface area is 182 Å². The summed E-state index contributed by atoms with van der Waals surface area (Å²) in [6.45, 7) is 14.2. The fourth-order valence-corrected chi connectivity index (χ4v) is 3.75. The average Bonchev–Trinajstić information content (AvgIpc) is 2.72. The lowest BCUT2D eigenvalue weighted by atomic mass is 9.84. The molecule has 29 heavy (non-hydrogen) atoms. The summed E-state index contributed by atoms with van der Waals surface area (Å²) in [6.07, 6.45) is 16.4. The molecule has 0 atom stereocenters. The summed E-state index contributed by atoms with van der Waals surface area (Å²) in [5, 5.41) is 7.32. The standard InChI is InChI=1S/C23H41N.C2H3N.C2H4/c1-4-7-8-9-10-11-12-21-13-15-22(16-14-21)17-20-23(24,18-5-2)19-6-3;1-2-3;1-2/h13-16H,4-12,17-20,24H2,1-3H3;1H3;1-2H2. The molecule has 2 nitrogen and oxygen atoms in total. The Balaban J connectivity index is 0. The lowest BCUT2D eigenvalue weighted by Gasteiger charge is -2.29. The molecule has 1 rings (SSSR count). The second kappa shape index (κ2) is 21.1. The summed E-state index contributed by atoms with van der Waals surface area (Å²) >= 11 is 0. The van der Waals surface area contributed by atoms with Crippen molar-refractivity contribution < 1.29 is 0 Å². The van der Waals surface area contributed by atoms with Gasteiger partial charge in [-0.25, -0.2) is 0 Å². The van der Waals surface area contributed by atoms with E-state index in [0.717, 1.165) is 25.7 Å². The number of hydrogen-bond acceptors (Lipinski definition) is 2. The normalized spacial score (nSPS) is 10.2. The first kappa shape index (κ1) is 29.6. The minimum Gasteiger partial charge on any atom is -0.325 e. The minimum atomic E-state index is 0.0423. The topological polar surface area (TPSA) is 49.8 Å². The van der Waals surface area contributed by atoms with Gasteiger partial charge in [0.15, 0.2) is 0 Å². The number of nitrogens with two attached hydrogens (primary N) is 1. The van der Waals surface area contributed by atoms with E-state index in [1.165, 1.54) is 75.8 Å². The van der Waals surface area contributed by atoms with Crippen LogP contribution in [0.2, 0.25) is 0 Å². The second-order valence-electron chi connectivity index (χ2n) is 7.92. The lowest BCUT2D eigenvalue weighted by molar-refractivity contribution is 0.333. The first-order valence-corrected chi connectivity index (χ1v) is 11.7. The van der Waals surface area contributed by atoms with Crippen LogP contribution in [0.5, 0.6) is 0 Å². The Morgan fingerprint density at radius 1 is 0.759 bits per heavy atom. The van der Waals surface area contributed by atoms with Gasteiger partial charge in [-0.1, -0.05) is 90.0 Å². The summed E-state index contributed by atoms with van der Waals surface area (Å²) in [4.78, 5) is 0. The van der Waals surface area contributed by atoms with Crippen LogP contribution in [0.4, 0.5) is 0 Å². The van der Waals surface area contributed by atoms with E-state index in [1.54, 1.807) is 6.07 Å². The molecule has 0 radical (unpaired) electrons. The van der Waals surface area contributed by atoms with Crippen LogP contribution < -0.4 is 5.73 Å². The highest BCUT2D eigenvalue weighted by molar-refractivity contribution is 5.23. The van der Waals surface area contributed by atoms with Crippen LogP contribution in [-0.4, -0.2) is 5.54 Å². The number of nitriles is 1. The van der Waals surface area contributed by atoms with Crippen LogP contribution in [0.1, 0.15) is 109 Å². The van der Waals surface area contributed by atoms with Crippen LogP contribution in [0, 0.1) is 11.3 Å². The monoisotopic (exact) mass is 400 g/mol. The summed E-state index contributed by atoms with van der Waals surface area (Å²) in [7, 11) is 0. The van der Waals surface area contributed by atoms with Gasteiger partial charge in [0.05, 0.1) is 6.07 Å². The molecule has 0 fully saturated rings. The van der Waals surface area contributed by atoms with Crippen molar-refractivity contribution >= 4 is 0 Å². The van der Waals surface area contributed by atoms with Gasteiger partial charge in [-0.15, -0.1) is 13.2 Å². The maximum Gasteiger partial charge on any atom is 0.0587 e. The van der Waals surface area contributed by atoms with Crippen molar-refractivity contribution in [2.75, 3.05) is 0 Å². The van der Waals surface area contributed by atoms with E-state index in [9.17, 15) is 0 Å². The van der Waals surface area contributed by atoms with Gasteiger partial charge in [-0.2, -0.15) is 5.26 Å². The summed E-state index contributed by atoms with van der Waals surface area (Å²) < 4.78 is 0. The van der Waals surface area contributed by atoms with Crippen molar-refractivity contribution in [3.05, 3.63) is 48.6 Å². The summed E-state index contributed by atoms with van der Waals surface area (Å²) in [5.74, 6) is 0. The molecular weight excluding hydrogens is 352 g/mol. The molecule has 0 aliphatic rings. The second-order valence-corrected chi connectivity index (χ2v) is 7.92. The molecule has 0 amide bonds. The quantitative estimate of drug-likeness (QED) is 0.253. The molecule has 0 heterocycles. The average molecular weight is 401 g/mol. The van der Waals surface area contributed by atoms with Gasteiger partial charge in [0.25, 0.3) is 0 Å². The SMILES string of the molecule is C=C.CC#N.CCCCCCCCc1ccc(CCC(N)(CCC)CCC)cc1. The van der Waals surface area contributed by atoms with Gasteiger partial charge in [-0.05, 0) is 49.7 Å². The molecule has 0 aliphatic carbocycles. The smallest absolute Gasteiger partial charge is 0.0587 e. The lowest BCUT2D eigenvalue weighted by Crippen LogP contribution is -2.40. The highest BCUT2D eigenvalue weighted by atomic mass is 14.7. The Bertz CT molecular complexity index is 492. The molecule has 0 aliphatic heterocycles. The molecule has 1 aromatic rings. The fourth-order valence-electron chi connectivity index (χ4n) is 3.75. The van der Waals surface area contributed by atoms with Crippen LogP contribution in [0.25, 0.3) is 0 Å². The number of hydrogen-bond donors (Lipinski definition) is 1. The van der Waals surface area contributed by atoms with Gasteiger partial charge < -0.3 is 5.73 Å². The Kier molecular flexibility index (Phi) is 21.6. The van der Waals surface area contributed by atoms with Crippen LogP contribution >= 0.6 is 0 Å². The molecule has 166 valence electrons. The van der Waals surface area contributed by atoms with Gasteiger partial charge in [0.2, 0.25) is 0 Å². The van der Waals surface area contributed by atoms with Gasteiger partial charge in [0.1, 0.15) is 0 Å². The number of nitrogens with zero attached hydrogens (tertiary/aromatic N) is 1. The zero-order valence-electron chi connectivity index (χ0n) is 19.9. The molecule has 0 bridgehead atoms. The van der Waals surface area contributed by atoms with Crippen molar-refractivity contribution in [2.24, 2.45) is 5.73 Å². The van der Waals surface area contributed by atoms with E-state index in [1.807, 2.05) is 0 Å². The Morgan fingerprint density at radius 3 is 1.62 bits per heavy atom. The first-order chi connectivity index (χ1) is 14.0. The summed E-state index contributed by atoms with van der Waals surface area (Å²) in [6, 6.07) is 11.1. The van der Waals surface area contributed by atoms with E-state index < -0.39 is 0 Å². The van der Waals surface area contributed by atoms with E-state index in [-0.39, 0.29) is 5.54 Å². The number of benzene rings is 1. The number of rotatable bonds is 14. The summed E-state index contributed by atoms with van der Waals surface area (Å²) in [5.41, 5.74) is 9.60. The molecule has 0 aromatic heterocycles. The van der Waals surface area contributed by atoms with Gasteiger partial charge in [0, 0.05) is 12.5 Å². The zero-order chi connectivity index (χ0) is 22.4. The first-order valence-electron chi connectivity index (χ1n) is 11.7. The van der Waals surface area contributed by atoms with Crippen LogP contribution in [0.3, 0.4) is 0 Å². The van der Waals surface area contributed by atoms with E-state index in [2.05, 4.69) is 58.2 Å². The molecule has 2 N–H and O–H groups in total. The third-order valence-corrected chi connectivity index (χ3v) is 5.25. The maximum absolute atomic E-state index is 7.32. The van der Waals surface area contributed by atoms with Gasteiger partial charge in [-0.3, -0.25) is 0 Å². The van der Waals surface area contributed by atoms with Crippen molar-refractivity contribution in [1.82, 2.24) is 0 Å². The van der Waals surface area contributed by atoms with Crippen molar-refractivity contribution in [2.45, 2.75) is 117 Å². The predicted octanol–water partition coefficient (Wildman–Crippen LogP) is 8.15. The third-order valence-electron chi connectivity index (χ3n) is 5.25. The maximum atomic E-state index is 7.32. The predicted molar refractivity (Wildman–Crippen MR) is 131 cm³/mol.